The van der Waals surface area contributed by atoms with E-state index in [4.69, 9.17) is 32.7 Å². The quantitative estimate of drug-likeness (QED) is 0.770. The van der Waals surface area contributed by atoms with Gasteiger partial charge in [0.2, 0.25) is 0 Å². The molecule has 25 heavy (non-hydrogen) atoms. The van der Waals surface area contributed by atoms with Crippen molar-refractivity contribution in [1.29, 1.82) is 0 Å². The molecule has 0 saturated carbocycles. The van der Waals surface area contributed by atoms with Gasteiger partial charge in [-0.15, -0.1) is 0 Å². The summed E-state index contributed by atoms with van der Waals surface area (Å²) in [6.07, 6.45) is 0.747. The van der Waals surface area contributed by atoms with E-state index in [0.717, 1.165) is 17.5 Å². The number of fused-ring (bicyclic) bond motifs is 1. The molecule has 1 aliphatic rings. The maximum atomic E-state index is 13.0. The summed E-state index contributed by atoms with van der Waals surface area (Å²) in [5.41, 5.74) is 2.68. The third-order valence-corrected chi connectivity index (χ3v) is 5.16. The molecule has 0 aromatic heterocycles. The van der Waals surface area contributed by atoms with Crippen LogP contribution < -0.4 is 9.47 Å². The molecule has 0 radical (unpaired) electrons. The zero-order chi connectivity index (χ0) is 18.1. The summed E-state index contributed by atoms with van der Waals surface area (Å²) >= 11 is 12.1. The van der Waals surface area contributed by atoms with Crippen LogP contribution in [-0.4, -0.2) is 31.6 Å². The van der Waals surface area contributed by atoms with Crippen LogP contribution in [0, 0.1) is 0 Å². The van der Waals surface area contributed by atoms with Gasteiger partial charge in [-0.1, -0.05) is 23.2 Å². The van der Waals surface area contributed by atoms with E-state index in [-0.39, 0.29) is 11.9 Å². The number of hydrogen-bond acceptors (Lipinski definition) is 3. The summed E-state index contributed by atoms with van der Waals surface area (Å²) in [4.78, 5) is 14.8. The fourth-order valence-electron chi connectivity index (χ4n) is 3.24. The van der Waals surface area contributed by atoms with Crippen molar-refractivity contribution < 1.29 is 14.3 Å². The zero-order valence-electron chi connectivity index (χ0n) is 14.3. The van der Waals surface area contributed by atoms with Crippen LogP contribution in [0.15, 0.2) is 30.3 Å². The number of halogens is 2. The summed E-state index contributed by atoms with van der Waals surface area (Å²) < 4.78 is 10.8. The average Bonchev–Trinajstić information content (AvgIpc) is 2.60. The van der Waals surface area contributed by atoms with Crippen LogP contribution >= 0.6 is 23.2 Å². The minimum absolute atomic E-state index is 0.0946. The van der Waals surface area contributed by atoms with Crippen molar-refractivity contribution in [2.24, 2.45) is 0 Å². The van der Waals surface area contributed by atoms with Gasteiger partial charge in [0.1, 0.15) is 0 Å². The van der Waals surface area contributed by atoms with Gasteiger partial charge in [-0.25, -0.2) is 0 Å². The Labute approximate surface area is 157 Å². The Bertz CT molecular complexity index is 823. The predicted octanol–water partition coefficient (Wildman–Crippen LogP) is 4.77. The summed E-state index contributed by atoms with van der Waals surface area (Å²) in [7, 11) is 3.23. The standard InChI is InChI=1S/C19H19Cl2NO3/c1-11-15-10-18(25-3)17(24-2)8-12(15)6-7-22(11)19(23)14-5-4-13(20)9-16(14)21/h4-5,8-11H,6-7H2,1-3H3/t11-/m0/s1. The first-order valence-electron chi connectivity index (χ1n) is 7.97. The molecule has 1 atom stereocenters. The van der Waals surface area contributed by atoms with Crippen molar-refractivity contribution in [3.63, 3.8) is 0 Å². The van der Waals surface area contributed by atoms with E-state index in [9.17, 15) is 4.79 Å². The van der Waals surface area contributed by atoms with Gasteiger partial charge in [0.15, 0.2) is 11.5 Å². The molecule has 2 aromatic carbocycles. The van der Waals surface area contributed by atoms with Gasteiger partial charge in [-0.3, -0.25) is 4.79 Å². The van der Waals surface area contributed by atoms with Gasteiger partial charge in [0.25, 0.3) is 5.91 Å². The van der Waals surface area contributed by atoms with E-state index in [1.165, 1.54) is 0 Å². The molecule has 0 aliphatic carbocycles. The lowest BCUT2D eigenvalue weighted by Gasteiger charge is -2.36. The van der Waals surface area contributed by atoms with Crippen LogP contribution in [0.3, 0.4) is 0 Å². The molecule has 0 bridgehead atoms. The number of methoxy groups -OCH3 is 2. The number of nitrogens with zero attached hydrogens (tertiary/aromatic N) is 1. The molecule has 1 amide bonds. The Morgan fingerprint density at radius 3 is 2.44 bits per heavy atom. The van der Waals surface area contributed by atoms with Gasteiger partial charge in [0.05, 0.1) is 30.8 Å². The molecule has 0 spiro atoms. The second-order valence-electron chi connectivity index (χ2n) is 5.95. The highest BCUT2D eigenvalue weighted by atomic mass is 35.5. The van der Waals surface area contributed by atoms with Crippen LogP contribution in [0.2, 0.25) is 10.0 Å². The highest BCUT2D eigenvalue weighted by molar-refractivity contribution is 6.36. The first kappa shape index (κ1) is 17.9. The van der Waals surface area contributed by atoms with E-state index in [0.29, 0.717) is 33.7 Å². The Hall–Kier alpha value is -1.91. The molecular weight excluding hydrogens is 361 g/mol. The monoisotopic (exact) mass is 379 g/mol. The Morgan fingerprint density at radius 2 is 1.80 bits per heavy atom. The van der Waals surface area contributed by atoms with Crippen LogP contribution in [0.5, 0.6) is 11.5 Å². The summed E-state index contributed by atoms with van der Waals surface area (Å²) in [6, 6.07) is 8.78. The number of rotatable bonds is 3. The Balaban J connectivity index is 1.95. The lowest BCUT2D eigenvalue weighted by atomic mass is 9.92. The van der Waals surface area contributed by atoms with Crippen molar-refractivity contribution in [3.8, 4) is 11.5 Å². The van der Waals surface area contributed by atoms with Crippen LogP contribution in [0.25, 0.3) is 0 Å². The molecule has 1 aliphatic heterocycles. The molecular formula is C19H19Cl2NO3. The normalized spacial score (nSPS) is 16.4. The highest BCUT2D eigenvalue weighted by Crippen LogP contribution is 2.38. The number of amides is 1. The Morgan fingerprint density at radius 1 is 1.12 bits per heavy atom. The van der Waals surface area contributed by atoms with Crippen molar-refractivity contribution in [2.45, 2.75) is 19.4 Å². The van der Waals surface area contributed by atoms with Crippen molar-refractivity contribution >= 4 is 29.1 Å². The van der Waals surface area contributed by atoms with Gasteiger partial charge in [-0.2, -0.15) is 0 Å². The minimum atomic E-state index is -0.102. The SMILES string of the molecule is COc1cc2c(cc1OC)[C@H](C)N(C(=O)c1ccc(Cl)cc1Cl)CC2. The number of ether oxygens (including phenoxy) is 2. The second kappa shape index (κ2) is 7.14. The molecule has 0 fully saturated rings. The molecule has 6 heteroatoms. The van der Waals surface area contributed by atoms with Crippen molar-refractivity contribution in [2.75, 3.05) is 20.8 Å². The molecule has 0 unspecified atom stereocenters. The molecule has 3 rings (SSSR count). The maximum absolute atomic E-state index is 13.0. The molecule has 1 heterocycles. The fraction of sp³-hybridized carbons (Fsp3) is 0.316. The largest absolute Gasteiger partial charge is 0.493 e. The first-order chi connectivity index (χ1) is 12.0. The average molecular weight is 380 g/mol. The van der Waals surface area contributed by atoms with Gasteiger partial charge in [-0.05, 0) is 54.8 Å². The molecule has 0 saturated heterocycles. The van der Waals surface area contributed by atoms with Crippen LogP contribution in [-0.2, 0) is 6.42 Å². The number of carbonyl (C=O) groups excluding carboxylic acids is 1. The van der Waals surface area contributed by atoms with E-state index in [2.05, 4.69) is 0 Å². The predicted molar refractivity (Wildman–Crippen MR) is 99.2 cm³/mol. The highest BCUT2D eigenvalue weighted by Gasteiger charge is 2.30. The maximum Gasteiger partial charge on any atom is 0.255 e. The lowest BCUT2D eigenvalue weighted by Crippen LogP contribution is -2.39. The first-order valence-corrected chi connectivity index (χ1v) is 8.72. The number of benzene rings is 2. The van der Waals surface area contributed by atoms with Gasteiger partial charge >= 0.3 is 0 Å². The Kier molecular flexibility index (Phi) is 5.11. The van der Waals surface area contributed by atoms with E-state index < -0.39 is 0 Å². The smallest absolute Gasteiger partial charge is 0.255 e. The topological polar surface area (TPSA) is 38.8 Å². The molecule has 0 N–H and O–H groups in total. The van der Waals surface area contributed by atoms with Crippen molar-refractivity contribution in [1.82, 2.24) is 4.90 Å². The second-order valence-corrected chi connectivity index (χ2v) is 6.80. The van der Waals surface area contributed by atoms with Crippen LogP contribution in [0.1, 0.15) is 34.5 Å². The zero-order valence-corrected chi connectivity index (χ0v) is 15.8. The van der Waals surface area contributed by atoms with Gasteiger partial charge in [0, 0.05) is 11.6 Å². The van der Waals surface area contributed by atoms with Crippen molar-refractivity contribution in [3.05, 3.63) is 57.1 Å². The van der Waals surface area contributed by atoms with E-state index in [1.807, 2.05) is 24.0 Å². The van der Waals surface area contributed by atoms with Crippen LogP contribution in [0.4, 0.5) is 0 Å². The third-order valence-electron chi connectivity index (χ3n) is 4.61. The lowest BCUT2D eigenvalue weighted by molar-refractivity contribution is 0.0677. The third kappa shape index (κ3) is 3.29. The number of carbonyl (C=O) groups is 1. The van der Waals surface area contributed by atoms with E-state index >= 15 is 0 Å². The summed E-state index contributed by atoms with van der Waals surface area (Å²) in [6.45, 7) is 2.62. The van der Waals surface area contributed by atoms with E-state index in [1.54, 1.807) is 32.4 Å². The number of hydrogen-bond donors (Lipinski definition) is 0. The molecule has 4 nitrogen and oxygen atoms in total. The summed E-state index contributed by atoms with van der Waals surface area (Å²) in [5.74, 6) is 1.26. The summed E-state index contributed by atoms with van der Waals surface area (Å²) in [5, 5.41) is 0.873. The molecule has 2 aromatic rings. The fourth-order valence-corrected chi connectivity index (χ4v) is 3.73. The minimum Gasteiger partial charge on any atom is -0.493 e. The molecule has 132 valence electrons. The van der Waals surface area contributed by atoms with Gasteiger partial charge < -0.3 is 14.4 Å².